The molecule has 0 spiro atoms. The number of anilines is 1. The summed E-state index contributed by atoms with van der Waals surface area (Å²) in [7, 11) is 1.48. The van der Waals surface area contributed by atoms with E-state index in [4.69, 9.17) is 10.00 Å². The number of nitrogens with zero attached hydrogens (tertiary/aromatic N) is 1. The first-order chi connectivity index (χ1) is 7.17. The number of nitrogens with one attached hydrogen (secondary N) is 1. The minimum atomic E-state index is -0.342. The average molecular weight is 208 g/mol. The number of rotatable bonds is 4. The van der Waals surface area contributed by atoms with E-state index in [-0.39, 0.29) is 11.7 Å². The van der Waals surface area contributed by atoms with Gasteiger partial charge in [0, 0.05) is 12.6 Å². The van der Waals surface area contributed by atoms with Crippen LogP contribution in [0.4, 0.5) is 10.1 Å². The third-order valence-electron chi connectivity index (χ3n) is 1.98. The van der Waals surface area contributed by atoms with Crippen LogP contribution in [0.25, 0.3) is 0 Å². The zero-order chi connectivity index (χ0) is 11.3. The number of nitriles is 1. The van der Waals surface area contributed by atoms with Crippen molar-refractivity contribution in [2.75, 3.05) is 19.0 Å². The van der Waals surface area contributed by atoms with E-state index in [1.807, 2.05) is 6.92 Å². The number of benzene rings is 1. The number of ether oxygens (including phenoxy) is 1. The van der Waals surface area contributed by atoms with Crippen LogP contribution >= 0.6 is 0 Å². The molecule has 0 saturated carbocycles. The van der Waals surface area contributed by atoms with Gasteiger partial charge in [-0.3, -0.25) is 0 Å². The quantitative estimate of drug-likeness (QED) is 0.826. The van der Waals surface area contributed by atoms with Gasteiger partial charge in [-0.2, -0.15) is 5.26 Å². The Labute approximate surface area is 88.5 Å². The predicted molar refractivity (Wildman–Crippen MR) is 56.2 cm³/mol. The van der Waals surface area contributed by atoms with Crippen LogP contribution in [0.2, 0.25) is 0 Å². The van der Waals surface area contributed by atoms with Gasteiger partial charge in [-0.25, -0.2) is 4.39 Å². The Balaban J connectivity index is 2.73. The van der Waals surface area contributed by atoms with Gasteiger partial charge in [0.2, 0.25) is 0 Å². The molecule has 0 saturated heterocycles. The highest BCUT2D eigenvalue weighted by atomic mass is 19.1. The number of hydrogen-bond acceptors (Lipinski definition) is 3. The summed E-state index contributed by atoms with van der Waals surface area (Å²) in [6, 6.07) is 6.36. The Hall–Kier alpha value is -1.76. The molecule has 1 unspecified atom stereocenters. The summed E-state index contributed by atoms with van der Waals surface area (Å²) >= 11 is 0. The molecule has 4 heteroatoms. The van der Waals surface area contributed by atoms with Gasteiger partial charge in [0.05, 0.1) is 24.8 Å². The Morgan fingerprint density at radius 2 is 2.33 bits per heavy atom. The van der Waals surface area contributed by atoms with E-state index in [1.54, 1.807) is 6.07 Å². The molecule has 0 fully saturated rings. The molecular weight excluding hydrogens is 195 g/mol. The molecule has 0 aliphatic heterocycles. The van der Waals surface area contributed by atoms with Crippen LogP contribution in [0.15, 0.2) is 18.2 Å². The highest BCUT2D eigenvalue weighted by Crippen LogP contribution is 2.24. The van der Waals surface area contributed by atoms with Crippen LogP contribution in [-0.2, 0) is 0 Å². The molecule has 1 aromatic rings. The van der Waals surface area contributed by atoms with E-state index >= 15 is 0 Å². The molecule has 1 rings (SSSR count). The largest absolute Gasteiger partial charge is 0.494 e. The molecule has 0 aromatic heterocycles. The van der Waals surface area contributed by atoms with Crippen molar-refractivity contribution in [3.8, 4) is 11.8 Å². The Bertz CT molecular complexity index is 373. The van der Waals surface area contributed by atoms with Crippen LogP contribution in [0.3, 0.4) is 0 Å². The zero-order valence-electron chi connectivity index (χ0n) is 8.75. The zero-order valence-corrected chi connectivity index (χ0v) is 8.75. The molecule has 0 bridgehead atoms. The second-order valence-corrected chi connectivity index (χ2v) is 3.26. The molecule has 1 atom stereocenters. The van der Waals surface area contributed by atoms with Crippen molar-refractivity contribution in [1.29, 1.82) is 5.26 Å². The van der Waals surface area contributed by atoms with Gasteiger partial charge in [-0.1, -0.05) is 0 Å². The fourth-order valence-corrected chi connectivity index (χ4v) is 1.12. The van der Waals surface area contributed by atoms with E-state index in [0.29, 0.717) is 18.0 Å². The first-order valence-electron chi connectivity index (χ1n) is 4.64. The van der Waals surface area contributed by atoms with Crippen molar-refractivity contribution < 1.29 is 9.13 Å². The summed E-state index contributed by atoms with van der Waals surface area (Å²) in [6.07, 6.45) is 0. The van der Waals surface area contributed by atoms with E-state index in [1.165, 1.54) is 19.2 Å². The molecule has 3 nitrogen and oxygen atoms in total. The number of halogens is 1. The maximum Gasteiger partial charge on any atom is 0.144 e. The third-order valence-corrected chi connectivity index (χ3v) is 1.98. The van der Waals surface area contributed by atoms with Gasteiger partial charge in [-0.15, -0.1) is 0 Å². The third kappa shape index (κ3) is 3.13. The summed E-state index contributed by atoms with van der Waals surface area (Å²) in [5.41, 5.74) is 0.695. The lowest BCUT2D eigenvalue weighted by atomic mass is 10.2. The summed E-state index contributed by atoms with van der Waals surface area (Å²) in [5, 5.41) is 11.6. The van der Waals surface area contributed by atoms with Gasteiger partial charge in [-0.05, 0) is 19.1 Å². The van der Waals surface area contributed by atoms with Crippen molar-refractivity contribution in [3.63, 3.8) is 0 Å². The van der Waals surface area contributed by atoms with E-state index in [9.17, 15) is 4.39 Å². The van der Waals surface area contributed by atoms with E-state index in [2.05, 4.69) is 11.4 Å². The molecule has 1 N–H and O–H groups in total. The summed E-state index contributed by atoms with van der Waals surface area (Å²) in [6.45, 7) is 2.32. The van der Waals surface area contributed by atoms with Crippen molar-refractivity contribution in [2.24, 2.45) is 5.92 Å². The van der Waals surface area contributed by atoms with E-state index < -0.39 is 0 Å². The number of hydrogen-bond donors (Lipinski definition) is 1. The minimum Gasteiger partial charge on any atom is -0.494 e. The molecule has 0 amide bonds. The Morgan fingerprint density at radius 3 is 2.93 bits per heavy atom. The fraction of sp³-hybridized carbons (Fsp3) is 0.364. The van der Waals surface area contributed by atoms with E-state index in [0.717, 1.165) is 0 Å². The molecule has 0 aliphatic carbocycles. The lowest BCUT2D eigenvalue weighted by Crippen LogP contribution is -2.10. The summed E-state index contributed by atoms with van der Waals surface area (Å²) < 4.78 is 17.8. The van der Waals surface area contributed by atoms with Crippen LogP contribution in [0.5, 0.6) is 5.75 Å². The molecular formula is C11H13FN2O. The standard InChI is InChI=1S/C11H13FN2O/c1-8(6-13)7-14-10-4-3-9(12)5-11(10)15-2/h3-5,8,14H,7H2,1-2H3. The van der Waals surface area contributed by atoms with Gasteiger partial charge in [0.25, 0.3) is 0 Å². The highest BCUT2D eigenvalue weighted by Gasteiger charge is 2.05. The molecule has 0 radical (unpaired) electrons. The maximum absolute atomic E-state index is 12.8. The van der Waals surface area contributed by atoms with Crippen molar-refractivity contribution in [3.05, 3.63) is 24.0 Å². The lowest BCUT2D eigenvalue weighted by molar-refractivity contribution is 0.413. The van der Waals surface area contributed by atoms with Crippen molar-refractivity contribution >= 4 is 5.69 Å². The first-order valence-corrected chi connectivity index (χ1v) is 4.64. The highest BCUT2D eigenvalue weighted by molar-refractivity contribution is 5.56. The molecule has 1 aromatic carbocycles. The van der Waals surface area contributed by atoms with Gasteiger partial charge in [0.1, 0.15) is 11.6 Å². The van der Waals surface area contributed by atoms with Crippen LogP contribution in [-0.4, -0.2) is 13.7 Å². The van der Waals surface area contributed by atoms with Gasteiger partial charge < -0.3 is 10.1 Å². The molecule has 80 valence electrons. The average Bonchev–Trinajstić information content (AvgIpc) is 2.26. The Morgan fingerprint density at radius 1 is 1.60 bits per heavy atom. The van der Waals surface area contributed by atoms with Gasteiger partial charge >= 0.3 is 0 Å². The second-order valence-electron chi connectivity index (χ2n) is 3.26. The maximum atomic E-state index is 12.8. The molecule has 0 aliphatic rings. The lowest BCUT2D eigenvalue weighted by Gasteiger charge is -2.11. The van der Waals surface area contributed by atoms with Crippen molar-refractivity contribution in [1.82, 2.24) is 0 Å². The fourth-order valence-electron chi connectivity index (χ4n) is 1.12. The monoisotopic (exact) mass is 208 g/mol. The number of methoxy groups -OCH3 is 1. The topological polar surface area (TPSA) is 45.0 Å². The first kappa shape index (κ1) is 11.3. The normalized spacial score (nSPS) is 11.6. The van der Waals surface area contributed by atoms with Gasteiger partial charge in [0.15, 0.2) is 0 Å². The second kappa shape index (κ2) is 5.20. The predicted octanol–water partition coefficient (Wildman–Crippen LogP) is 2.41. The minimum absolute atomic E-state index is 0.0974. The van der Waals surface area contributed by atoms with Crippen molar-refractivity contribution in [2.45, 2.75) is 6.92 Å². The Kier molecular flexibility index (Phi) is 3.92. The van der Waals surface area contributed by atoms with Crippen LogP contribution in [0, 0.1) is 23.1 Å². The molecule has 0 heterocycles. The molecule has 15 heavy (non-hydrogen) atoms. The smallest absolute Gasteiger partial charge is 0.144 e. The summed E-state index contributed by atoms with van der Waals surface area (Å²) in [5.74, 6) is 0.00521. The van der Waals surface area contributed by atoms with Crippen LogP contribution in [0.1, 0.15) is 6.92 Å². The summed E-state index contributed by atoms with van der Waals surface area (Å²) in [4.78, 5) is 0. The van der Waals surface area contributed by atoms with Crippen LogP contribution < -0.4 is 10.1 Å². The SMILES string of the molecule is COc1cc(F)ccc1NCC(C)C#N.